The number of fused-ring (bicyclic) bond motifs is 2. The van der Waals surface area contributed by atoms with E-state index < -0.39 is 20.8 Å². The number of halogens is 2. The predicted octanol–water partition coefficient (Wildman–Crippen LogP) is 14.2. The summed E-state index contributed by atoms with van der Waals surface area (Å²) >= 11 is -0.826. The Morgan fingerprint density at radius 1 is 0.562 bits per heavy atom. The summed E-state index contributed by atoms with van der Waals surface area (Å²) in [4.78, 5) is 0. The Kier molecular flexibility index (Phi) is 16.6. The number of rotatable bonds is 6. The summed E-state index contributed by atoms with van der Waals surface area (Å²) in [5.74, 6) is 1.40. The molecule has 0 aliphatic heterocycles. The van der Waals surface area contributed by atoms with E-state index in [0.29, 0.717) is 11.8 Å². The monoisotopic (exact) mass is 768 g/mol. The van der Waals surface area contributed by atoms with Crippen LogP contribution in [0.4, 0.5) is 0 Å². The van der Waals surface area contributed by atoms with E-state index in [1.807, 2.05) is 0 Å². The van der Waals surface area contributed by atoms with E-state index in [0.717, 1.165) is 22.4 Å². The van der Waals surface area contributed by atoms with Crippen molar-refractivity contribution in [1.29, 1.82) is 0 Å². The molecule has 0 spiro atoms. The summed E-state index contributed by atoms with van der Waals surface area (Å²) < 4.78 is 0. The molecule has 0 aromatic heterocycles. The number of benzene rings is 4. The van der Waals surface area contributed by atoms with Gasteiger partial charge in [0.2, 0.25) is 0 Å². The second-order valence-corrected chi connectivity index (χ2v) is 18.3. The fourth-order valence-corrected chi connectivity index (χ4v) is 6.33. The molecule has 6 aromatic rings. The van der Waals surface area contributed by atoms with Crippen LogP contribution in [-0.2, 0) is 33.7 Å². The van der Waals surface area contributed by atoms with Crippen molar-refractivity contribution in [3.63, 3.8) is 0 Å². The van der Waals surface area contributed by atoms with Crippen molar-refractivity contribution in [3.8, 4) is 22.3 Å². The Morgan fingerprint density at radius 3 is 1.21 bits per heavy atom. The average Bonchev–Trinajstić information content (AvgIpc) is 3.63. The van der Waals surface area contributed by atoms with Gasteiger partial charge in [0, 0.05) is 9.52 Å². The first kappa shape index (κ1) is 40.2. The molecule has 48 heavy (non-hydrogen) atoms. The molecule has 6 aromatic carbocycles. The zero-order valence-corrected chi connectivity index (χ0v) is 35.5. The van der Waals surface area contributed by atoms with Gasteiger partial charge in [-0.3, -0.25) is 0 Å². The topological polar surface area (TPSA) is 0 Å². The molecule has 0 saturated heterocycles. The SMILES string of the molecule is C[Si]C.Cc1cccc(-c2cccc3[cH-]c(CC(C)C)cc23)c1C.Cc1cccc(-c2cccc3[cH-]c(CC(C)C)cc23)c1C.[Cl][Zr+2][Cl]. The Labute approximate surface area is 312 Å². The van der Waals surface area contributed by atoms with Crippen molar-refractivity contribution < 1.29 is 20.8 Å². The van der Waals surface area contributed by atoms with Crippen LogP contribution in [0.1, 0.15) is 61.1 Å². The second-order valence-electron chi connectivity index (χ2n) is 13.6. The maximum atomic E-state index is 4.93. The van der Waals surface area contributed by atoms with Crippen LogP contribution in [0.3, 0.4) is 0 Å². The molecule has 6 rings (SSSR count). The fraction of sp³-hybridized carbons (Fsp3) is 0.318. The van der Waals surface area contributed by atoms with Crippen LogP contribution in [0.15, 0.2) is 97.1 Å². The predicted molar refractivity (Wildman–Crippen MR) is 215 cm³/mol. The third-order valence-corrected chi connectivity index (χ3v) is 8.70. The Balaban J connectivity index is 0.000000224. The Hall–Kier alpha value is -2.22. The third kappa shape index (κ3) is 10.9. The Bertz CT molecular complexity index is 1740. The summed E-state index contributed by atoms with van der Waals surface area (Å²) in [5, 5.41) is 5.51. The number of aryl methyl sites for hydroxylation is 2. The van der Waals surface area contributed by atoms with Gasteiger partial charge in [0.05, 0.1) is 0 Å². The van der Waals surface area contributed by atoms with Gasteiger partial charge < -0.3 is 0 Å². The van der Waals surface area contributed by atoms with Gasteiger partial charge in [-0.25, -0.2) is 0 Å². The van der Waals surface area contributed by atoms with Gasteiger partial charge in [0.25, 0.3) is 0 Å². The van der Waals surface area contributed by atoms with E-state index in [9.17, 15) is 0 Å². The molecule has 0 nitrogen and oxygen atoms in total. The second kappa shape index (κ2) is 19.8. The molecule has 0 saturated carbocycles. The van der Waals surface area contributed by atoms with Crippen molar-refractivity contribution in [2.45, 2.75) is 81.3 Å². The molecule has 0 atom stereocenters. The van der Waals surface area contributed by atoms with Crippen LogP contribution < -0.4 is 0 Å². The first-order valence-corrected chi connectivity index (χ1v) is 25.3. The van der Waals surface area contributed by atoms with E-state index in [-0.39, 0.29) is 0 Å². The first-order valence-electron chi connectivity index (χ1n) is 17.0. The van der Waals surface area contributed by atoms with Crippen LogP contribution in [0.25, 0.3) is 43.8 Å². The van der Waals surface area contributed by atoms with Gasteiger partial charge in [0.1, 0.15) is 0 Å². The zero-order chi connectivity index (χ0) is 35.4. The molecule has 0 aliphatic rings. The summed E-state index contributed by atoms with van der Waals surface area (Å²) in [6.07, 6.45) is 2.31. The van der Waals surface area contributed by atoms with Crippen molar-refractivity contribution in [1.82, 2.24) is 0 Å². The van der Waals surface area contributed by atoms with Crippen molar-refractivity contribution in [3.05, 3.63) is 130 Å². The van der Waals surface area contributed by atoms with Crippen molar-refractivity contribution in [2.75, 3.05) is 0 Å². The average molecular weight is 771 g/mol. The van der Waals surface area contributed by atoms with E-state index >= 15 is 0 Å². The van der Waals surface area contributed by atoms with Crippen LogP contribution in [0.2, 0.25) is 13.1 Å². The molecule has 0 aliphatic carbocycles. The first-order chi connectivity index (χ1) is 22.9. The molecule has 0 fully saturated rings. The van der Waals surface area contributed by atoms with Gasteiger partial charge in [-0.15, -0.1) is 69.1 Å². The van der Waals surface area contributed by atoms with Gasteiger partial charge in [-0.05, 0) is 85.8 Å². The van der Waals surface area contributed by atoms with Crippen LogP contribution >= 0.6 is 17.0 Å². The van der Waals surface area contributed by atoms with Crippen LogP contribution in [0, 0.1) is 39.5 Å². The Morgan fingerprint density at radius 2 is 0.875 bits per heavy atom. The molecule has 0 bridgehead atoms. The molecule has 250 valence electrons. The zero-order valence-electron chi connectivity index (χ0n) is 30.6. The van der Waals surface area contributed by atoms with Crippen molar-refractivity contribution >= 4 is 48.1 Å². The van der Waals surface area contributed by atoms with Crippen LogP contribution in [-0.4, -0.2) is 9.52 Å². The van der Waals surface area contributed by atoms with Crippen molar-refractivity contribution in [2.24, 2.45) is 11.8 Å². The normalized spacial score (nSPS) is 10.6. The molecule has 4 heteroatoms. The molecular weight excluding hydrogens is 719 g/mol. The van der Waals surface area contributed by atoms with Gasteiger partial charge in [-0.2, -0.15) is 12.1 Å². The van der Waals surface area contributed by atoms with Crippen LogP contribution in [0.5, 0.6) is 0 Å². The molecular formula is C44H52Cl2SiZr. The quantitative estimate of drug-likeness (QED) is 0.117. The van der Waals surface area contributed by atoms with E-state index in [2.05, 4.69) is 166 Å². The molecule has 0 unspecified atom stereocenters. The van der Waals surface area contributed by atoms with E-state index in [1.165, 1.54) is 77.2 Å². The maximum absolute atomic E-state index is 4.93. The number of hydrogen-bond acceptors (Lipinski definition) is 0. The van der Waals surface area contributed by atoms with Gasteiger partial charge in [0.15, 0.2) is 0 Å². The molecule has 2 radical (unpaired) electrons. The minimum absolute atomic E-state index is 0.700. The summed E-state index contributed by atoms with van der Waals surface area (Å²) in [5.41, 5.74) is 13.9. The third-order valence-electron chi connectivity index (χ3n) is 8.70. The summed E-state index contributed by atoms with van der Waals surface area (Å²) in [6, 6.07) is 36.0. The minimum atomic E-state index is -0.826. The van der Waals surface area contributed by atoms with E-state index in [1.54, 1.807) is 0 Å². The number of hydrogen-bond donors (Lipinski definition) is 0. The summed E-state index contributed by atoms with van der Waals surface area (Å²) in [6.45, 7) is 22.3. The van der Waals surface area contributed by atoms with E-state index in [4.69, 9.17) is 17.0 Å². The fourth-order valence-electron chi connectivity index (χ4n) is 6.33. The molecule has 0 amide bonds. The standard InChI is InChI=1S/2C21H23.C2H6Si.2ClH.Zr/c2*1-14(2)11-17-12-18-8-6-10-20(21(18)13-17)19-9-5-7-15(3)16(19)4;1-3-2;;;/h2*5-10,12-14H,11H2,1-4H3;1-2H3;2*1H;/q2*-1;;;;+4/p-2. The van der Waals surface area contributed by atoms with Gasteiger partial charge >= 0.3 is 37.9 Å². The summed E-state index contributed by atoms with van der Waals surface area (Å²) in [7, 11) is 11.0. The van der Waals surface area contributed by atoms with Gasteiger partial charge in [-0.1, -0.05) is 100 Å². The molecule has 0 heterocycles. The molecule has 0 N–H and O–H groups in total.